The van der Waals surface area contributed by atoms with Gasteiger partial charge in [0.1, 0.15) is 5.75 Å². The Bertz CT molecular complexity index is 688. The summed E-state index contributed by atoms with van der Waals surface area (Å²) in [6.45, 7) is 4.82. The maximum absolute atomic E-state index is 12.1. The molecule has 1 amide bonds. The SMILES string of the molecule is CCOc1ccc(NC(=O)COc2ccc(SC)cc2)cc1OCC. The van der Waals surface area contributed by atoms with Crippen molar-refractivity contribution in [1.82, 2.24) is 0 Å². The molecule has 0 atom stereocenters. The van der Waals surface area contributed by atoms with E-state index in [0.717, 1.165) is 4.90 Å². The highest BCUT2D eigenvalue weighted by atomic mass is 32.2. The standard InChI is InChI=1S/C19H23NO4S/c1-4-22-17-11-6-14(12-18(17)23-5-2)20-19(21)13-24-15-7-9-16(25-3)10-8-15/h6-12H,4-5,13H2,1-3H3,(H,20,21). The molecule has 134 valence electrons. The van der Waals surface area contributed by atoms with Crippen molar-refractivity contribution in [2.75, 3.05) is 31.4 Å². The first-order chi connectivity index (χ1) is 12.2. The van der Waals surface area contributed by atoms with E-state index in [4.69, 9.17) is 14.2 Å². The van der Waals surface area contributed by atoms with E-state index in [1.807, 2.05) is 44.4 Å². The van der Waals surface area contributed by atoms with Gasteiger partial charge in [-0.3, -0.25) is 4.79 Å². The number of nitrogens with one attached hydrogen (secondary N) is 1. The average Bonchev–Trinajstić information content (AvgIpc) is 2.63. The van der Waals surface area contributed by atoms with Crippen molar-refractivity contribution < 1.29 is 19.0 Å². The number of ether oxygens (including phenoxy) is 3. The zero-order valence-electron chi connectivity index (χ0n) is 14.7. The Morgan fingerprint density at radius 2 is 1.64 bits per heavy atom. The van der Waals surface area contributed by atoms with Crippen molar-refractivity contribution in [2.45, 2.75) is 18.7 Å². The van der Waals surface area contributed by atoms with Gasteiger partial charge in [0.2, 0.25) is 0 Å². The Labute approximate surface area is 152 Å². The highest BCUT2D eigenvalue weighted by molar-refractivity contribution is 7.98. The first-order valence-electron chi connectivity index (χ1n) is 8.12. The lowest BCUT2D eigenvalue weighted by molar-refractivity contribution is -0.118. The third-order valence-electron chi connectivity index (χ3n) is 3.26. The molecule has 0 aliphatic heterocycles. The topological polar surface area (TPSA) is 56.8 Å². The Hall–Kier alpha value is -2.34. The second-order valence-electron chi connectivity index (χ2n) is 5.04. The molecular weight excluding hydrogens is 338 g/mol. The Kier molecular flexibility index (Phi) is 7.47. The van der Waals surface area contributed by atoms with Gasteiger partial charge in [-0.05, 0) is 56.5 Å². The third kappa shape index (κ3) is 5.90. The molecule has 0 spiro atoms. The number of benzene rings is 2. The normalized spacial score (nSPS) is 10.2. The summed E-state index contributed by atoms with van der Waals surface area (Å²) in [5.74, 6) is 1.69. The smallest absolute Gasteiger partial charge is 0.262 e. The molecule has 0 unspecified atom stereocenters. The van der Waals surface area contributed by atoms with Crippen LogP contribution in [-0.4, -0.2) is 32.0 Å². The summed E-state index contributed by atoms with van der Waals surface area (Å²) in [5.41, 5.74) is 0.637. The molecule has 0 fully saturated rings. The van der Waals surface area contributed by atoms with Crippen molar-refractivity contribution >= 4 is 23.4 Å². The summed E-state index contributed by atoms with van der Waals surface area (Å²) in [4.78, 5) is 13.2. The van der Waals surface area contributed by atoms with Crippen LogP contribution in [0.5, 0.6) is 17.2 Å². The number of amides is 1. The highest BCUT2D eigenvalue weighted by Gasteiger charge is 2.09. The van der Waals surface area contributed by atoms with E-state index in [9.17, 15) is 4.79 Å². The van der Waals surface area contributed by atoms with Crippen molar-refractivity contribution in [3.8, 4) is 17.2 Å². The number of hydrogen-bond acceptors (Lipinski definition) is 5. The molecule has 0 aromatic heterocycles. The summed E-state index contributed by atoms with van der Waals surface area (Å²) in [7, 11) is 0. The number of carbonyl (C=O) groups is 1. The number of anilines is 1. The van der Waals surface area contributed by atoms with Crippen LogP contribution in [0.2, 0.25) is 0 Å². The minimum absolute atomic E-state index is 0.0597. The minimum atomic E-state index is -0.236. The van der Waals surface area contributed by atoms with Crippen molar-refractivity contribution in [1.29, 1.82) is 0 Å². The van der Waals surface area contributed by atoms with Crippen LogP contribution >= 0.6 is 11.8 Å². The molecule has 25 heavy (non-hydrogen) atoms. The van der Waals surface area contributed by atoms with E-state index in [1.54, 1.807) is 30.0 Å². The van der Waals surface area contributed by atoms with Crippen LogP contribution in [-0.2, 0) is 4.79 Å². The van der Waals surface area contributed by atoms with E-state index in [0.29, 0.717) is 36.1 Å². The summed E-state index contributed by atoms with van der Waals surface area (Å²) in [5, 5.41) is 2.80. The number of carbonyl (C=O) groups excluding carboxylic acids is 1. The third-order valence-corrected chi connectivity index (χ3v) is 4.00. The van der Waals surface area contributed by atoms with Crippen LogP contribution in [0.4, 0.5) is 5.69 Å². The molecule has 2 aromatic carbocycles. The summed E-state index contributed by atoms with van der Waals surface area (Å²) < 4.78 is 16.6. The van der Waals surface area contributed by atoms with Gasteiger partial charge in [-0.25, -0.2) is 0 Å². The van der Waals surface area contributed by atoms with E-state index < -0.39 is 0 Å². The molecule has 6 heteroatoms. The van der Waals surface area contributed by atoms with E-state index >= 15 is 0 Å². The summed E-state index contributed by atoms with van der Waals surface area (Å²) >= 11 is 1.66. The molecule has 0 saturated carbocycles. The molecule has 0 saturated heterocycles. The number of rotatable bonds is 9. The van der Waals surface area contributed by atoms with Crippen LogP contribution in [0.15, 0.2) is 47.4 Å². The van der Waals surface area contributed by atoms with Gasteiger partial charge < -0.3 is 19.5 Å². The number of thioether (sulfide) groups is 1. The quantitative estimate of drug-likeness (QED) is 0.678. The zero-order chi connectivity index (χ0) is 18.1. The first kappa shape index (κ1) is 19.0. The lowest BCUT2D eigenvalue weighted by Crippen LogP contribution is -2.20. The van der Waals surface area contributed by atoms with Crippen LogP contribution < -0.4 is 19.5 Å². The second-order valence-corrected chi connectivity index (χ2v) is 5.92. The fraction of sp³-hybridized carbons (Fsp3) is 0.316. The van der Waals surface area contributed by atoms with Gasteiger partial charge in [0.15, 0.2) is 18.1 Å². The monoisotopic (exact) mass is 361 g/mol. The maximum Gasteiger partial charge on any atom is 0.262 e. The van der Waals surface area contributed by atoms with Crippen LogP contribution in [0.1, 0.15) is 13.8 Å². The van der Waals surface area contributed by atoms with Gasteiger partial charge in [-0.1, -0.05) is 0 Å². The summed E-state index contributed by atoms with van der Waals surface area (Å²) in [6.07, 6.45) is 2.01. The van der Waals surface area contributed by atoms with Gasteiger partial charge in [-0.15, -0.1) is 11.8 Å². The Balaban J connectivity index is 1.93. The predicted molar refractivity (Wildman–Crippen MR) is 101 cm³/mol. The number of hydrogen-bond donors (Lipinski definition) is 1. The van der Waals surface area contributed by atoms with Gasteiger partial charge in [0, 0.05) is 16.6 Å². The molecule has 0 aliphatic rings. The van der Waals surface area contributed by atoms with E-state index in [2.05, 4.69) is 5.32 Å². The largest absolute Gasteiger partial charge is 0.490 e. The fourth-order valence-electron chi connectivity index (χ4n) is 2.15. The fourth-order valence-corrected chi connectivity index (χ4v) is 2.56. The van der Waals surface area contributed by atoms with Crippen LogP contribution in [0.3, 0.4) is 0 Å². The van der Waals surface area contributed by atoms with Gasteiger partial charge in [0.25, 0.3) is 5.91 Å². The van der Waals surface area contributed by atoms with Gasteiger partial charge >= 0.3 is 0 Å². The van der Waals surface area contributed by atoms with E-state index in [1.165, 1.54) is 0 Å². The van der Waals surface area contributed by atoms with Crippen molar-refractivity contribution in [3.05, 3.63) is 42.5 Å². The molecule has 2 rings (SSSR count). The zero-order valence-corrected chi connectivity index (χ0v) is 15.5. The molecular formula is C19H23NO4S. The molecule has 5 nitrogen and oxygen atoms in total. The Morgan fingerprint density at radius 1 is 0.960 bits per heavy atom. The molecule has 1 N–H and O–H groups in total. The van der Waals surface area contributed by atoms with Crippen LogP contribution in [0.25, 0.3) is 0 Å². The first-order valence-corrected chi connectivity index (χ1v) is 9.35. The highest BCUT2D eigenvalue weighted by Crippen LogP contribution is 2.30. The molecule has 0 heterocycles. The van der Waals surface area contributed by atoms with Gasteiger partial charge in [0.05, 0.1) is 13.2 Å². The van der Waals surface area contributed by atoms with E-state index in [-0.39, 0.29) is 12.5 Å². The molecule has 0 bridgehead atoms. The minimum Gasteiger partial charge on any atom is -0.490 e. The lowest BCUT2D eigenvalue weighted by atomic mass is 10.2. The second kappa shape index (κ2) is 9.84. The van der Waals surface area contributed by atoms with Crippen molar-refractivity contribution in [3.63, 3.8) is 0 Å². The maximum atomic E-state index is 12.1. The molecule has 2 aromatic rings. The Morgan fingerprint density at radius 3 is 2.28 bits per heavy atom. The average molecular weight is 361 g/mol. The predicted octanol–water partition coefficient (Wildman–Crippen LogP) is 4.22. The lowest BCUT2D eigenvalue weighted by Gasteiger charge is -2.13. The van der Waals surface area contributed by atoms with Crippen LogP contribution in [0, 0.1) is 0 Å². The van der Waals surface area contributed by atoms with Gasteiger partial charge in [-0.2, -0.15) is 0 Å². The summed E-state index contributed by atoms with van der Waals surface area (Å²) in [6, 6.07) is 12.9. The van der Waals surface area contributed by atoms with Crippen molar-refractivity contribution in [2.24, 2.45) is 0 Å². The molecule has 0 radical (unpaired) electrons. The molecule has 0 aliphatic carbocycles.